The molecule has 1 unspecified atom stereocenters. The minimum atomic E-state index is 0.500. The summed E-state index contributed by atoms with van der Waals surface area (Å²) in [7, 11) is 0. The maximum absolute atomic E-state index is 2.31. The van der Waals surface area contributed by atoms with Crippen LogP contribution in [0.25, 0.3) is 5.57 Å². The zero-order valence-electron chi connectivity index (χ0n) is 9.68. The van der Waals surface area contributed by atoms with Gasteiger partial charge in [0.2, 0.25) is 0 Å². The summed E-state index contributed by atoms with van der Waals surface area (Å²) in [5.41, 5.74) is 2.66. The van der Waals surface area contributed by atoms with E-state index in [0.29, 0.717) is 5.92 Å². The van der Waals surface area contributed by atoms with Gasteiger partial charge in [0.25, 0.3) is 0 Å². The molecule has 82 valence electrons. The van der Waals surface area contributed by atoms with Gasteiger partial charge >= 0.3 is 0 Å². The molecule has 0 radical (unpaired) electrons. The first-order valence-electron chi connectivity index (χ1n) is 5.51. The van der Waals surface area contributed by atoms with E-state index in [0.717, 1.165) is 0 Å². The molecule has 0 saturated carbocycles. The molecule has 0 aliphatic heterocycles. The summed E-state index contributed by atoms with van der Waals surface area (Å²) in [6, 6.07) is 8.57. The van der Waals surface area contributed by atoms with E-state index in [2.05, 4.69) is 67.8 Å². The Bertz CT molecular complexity index is 452. The Hall–Kier alpha value is -1.21. The van der Waals surface area contributed by atoms with Crippen LogP contribution in [0.15, 0.2) is 59.5 Å². The van der Waals surface area contributed by atoms with Gasteiger partial charge < -0.3 is 0 Å². The molecular weight excluding hydrogens is 212 g/mol. The van der Waals surface area contributed by atoms with Gasteiger partial charge in [-0.15, -0.1) is 11.8 Å². The normalized spacial score (nSPS) is 19.4. The molecule has 0 nitrogen and oxygen atoms in total. The van der Waals surface area contributed by atoms with Crippen molar-refractivity contribution in [3.63, 3.8) is 0 Å². The highest BCUT2D eigenvalue weighted by molar-refractivity contribution is 7.98. The van der Waals surface area contributed by atoms with Crippen LogP contribution in [0, 0.1) is 5.92 Å². The summed E-state index contributed by atoms with van der Waals surface area (Å²) in [6.07, 6.45) is 13.1. The van der Waals surface area contributed by atoms with E-state index in [-0.39, 0.29) is 0 Å². The van der Waals surface area contributed by atoms with E-state index in [1.807, 2.05) is 0 Å². The maximum atomic E-state index is 2.31. The van der Waals surface area contributed by atoms with Crippen LogP contribution in [-0.2, 0) is 0 Å². The van der Waals surface area contributed by atoms with Gasteiger partial charge in [0.1, 0.15) is 0 Å². The highest BCUT2D eigenvalue weighted by Crippen LogP contribution is 2.29. The van der Waals surface area contributed by atoms with Crippen molar-refractivity contribution in [2.24, 2.45) is 5.92 Å². The van der Waals surface area contributed by atoms with Crippen LogP contribution < -0.4 is 0 Å². The summed E-state index contributed by atoms with van der Waals surface area (Å²) in [4.78, 5) is 1.34. The van der Waals surface area contributed by atoms with Gasteiger partial charge in [0.15, 0.2) is 0 Å². The quantitative estimate of drug-likeness (QED) is 0.669. The van der Waals surface area contributed by atoms with Crippen molar-refractivity contribution < 1.29 is 0 Å². The lowest BCUT2D eigenvalue weighted by atomic mass is 10.0. The van der Waals surface area contributed by atoms with Crippen molar-refractivity contribution in [3.05, 3.63) is 60.2 Å². The summed E-state index contributed by atoms with van der Waals surface area (Å²) in [5.74, 6) is 0.500. The molecule has 0 saturated heterocycles. The van der Waals surface area contributed by atoms with Gasteiger partial charge in [0, 0.05) is 4.90 Å². The zero-order valence-corrected chi connectivity index (χ0v) is 10.5. The molecule has 0 aromatic heterocycles. The monoisotopic (exact) mass is 228 g/mol. The van der Waals surface area contributed by atoms with Crippen LogP contribution in [-0.4, -0.2) is 6.26 Å². The summed E-state index contributed by atoms with van der Waals surface area (Å²) >= 11 is 1.80. The van der Waals surface area contributed by atoms with Crippen LogP contribution in [0.2, 0.25) is 0 Å². The lowest BCUT2D eigenvalue weighted by Crippen LogP contribution is -1.88. The van der Waals surface area contributed by atoms with Gasteiger partial charge in [-0.25, -0.2) is 0 Å². The number of hydrogen-bond donors (Lipinski definition) is 0. The van der Waals surface area contributed by atoms with Crippen molar-refractivity contribution >= 4 is 17.3 Å². The highest BCUT2D eigenvalue weighted by atomic mass is 32.2. The lowest BCUT2D eigenvalue weighted by Gasteiger charge is -2.09. The Kier molecular flexibility index (Phi) is 3.68. The lowest BCUT2D eigenvalue weighted by molar-refractivity contribution is 0.944. The van der Waals surface area contributed by atoms with E-state index in [1.165, 1.54) is 16.0 Å². The van der Waals surface area contributed by atoms with Gasteiger partial charge in [-0.1, -0.05) is 55.5 Å². The van der Waals surface area contributed by atoms with Crippen molar-refractivity contribution in [2.75, 3.05) is 6.26 Å². The molecule has 1 aromatic rings. The topological polar surface area (TPSA) is 0 Å². The molecule has 0 amide bonds. The number of benzene rings is 1. The summed E-state index contributed by atoms with van der Waals surface area (Å²) in [5, 5.41) is 0. The molecule has 0 N–H and O–H groups in total. The third kappa shape index (κ3) is 2.48. The van der Waals surface area contributed by atoms with Crippen LogP contribution in [0.1, 0.15) is 12.5 Å². The maximum Gasteiger partial charge on any atom is 0.0147 e. The Morgan fingerprint density at radius 3 is 2.75 bits per heavy atom. The van der Waals surface area contributed by atoms with E-state index in [9.17, 15) is 0 Å². The zero-order chi connectivity index (χ0) is 11.4. The Morgan fingerprint density at radius 2 is 1.94 bits per heavy atom. The average Bonchev–Trinajstić information content (AvgIpc) is 2.54. The van der Waals surface area contributed by atoms with Gasteiger partial charge in [-0.05, 0) is 29.4 Å². The minimum absolute atomic E-state index is 0.500. The predicted octanol–water partition coefficient (Wildman–Crippen LogP) is 4.55. The molecule has 2 rings (SSSR count). The second kappa shape index (κ2) is 5.22. The number of hydrogen-bond acceptors (Lipinski definition) is 1. The second-order valence-electron chi connectivity index (χ2n) is 3.93. The molecule has 1 aliphatic rings. The number of rotatable bonds is 2. The van der Waals surface area contributed by atoms with Gasteiger partial charge in [0.05, 0.1) is 0 Å². The third-order valence-corrected chi connectivity index (χ3v) is 3.46. The van der Waals surface area contributed by atoms with Crippen LogP contribution in [0.3, 0.4) is 0 Å². The Balaban J connectivity index is 2.44. The predicted molar refractivity (Wildman–Crippen MR) is 73.6 cm³/mol. The molecule has 0 bridgehead atoms. The fraction of sp³-hybridized carbons (Fsp3) is 0.200. The van der Waals surface area contributed by atoms with Crippen LogP contribution >= 0.6 is 11.8 Å². The molecule has 0 spiro atoms. The van der Waals surface area contributed by atoms with Crippen molar-refractivity contribution in [1.29, 1.82) is 0 Å². The Labute approximate surface area is 102 Å². The molecule has 1 aromatic carbocycles. The molecule has 16 heavy (non-hydrogen) atoms. The van der Waals surface area contributed by atoms with Crippen LogP contribution in [0.4, 0.5) is 0 Å². The first kappa shape index (κ1) is 11.3. The Morgan fingerprint density at radius 1 is 1.12 bits per heavy atom. The highest BCUT2D eigenvalue weighted by Gasteiger charge is 2.06. The fourth-order valence-corrected chi connectivity index (χ4v) is 2.48. The molecule has 1 atom stereocenters. The third-order valence-electron chi connectivity index (χ3n) is 2.66. The molecular formula is C15H16S. The molecule has 1 heteroatoms. The first-order chi connectivity index (χ1) is 7.81. The number of thioether (sulfide) groups is 1. The molecule has 0 heterocycles. The molecule has 0 fully saturated rings. The van der Waals surface area contributed by atoms with E-state index in [4.69, 9.17) is 0 Å². The van der Waals surface area contributed by atoms with Crippen molar-refractivity contribution in [3.8, 4) is 0 Å². The average molecular weight is 228 g/mol. The second-order valence-corrected chi connectivity index (χ2v) is 4.77. The first-order valence-corrected chi connectivity index (χ1v) is 6.74. The minimum Gasteiger partial charge on any atom is -0.129 e. The van der Waals surface area contributed by atoms with Crippen molar-refractivity contribution in [2.45, 2.75) is 11.8 Å². The molecule has 1 aliphatic carbocycles. The standard InChI is InChI=1S/C15H16S/c1-12-7-3-4-8-13(11-12)14-9-5-6-10-15(14)16-2/h3-12H,1-2H3. The summed E-state index contributed by atoms with van der Waals surface area (Å²) in [6.45, 7) is 2.21. The van der Waals surface area contributed by atoms with E-state index in [1.54, 1.807) is 11.8 Å². The van der Waals surface area contributed by atoms with E-state index >= 15 is 0 Å². The van der Waals surface area contributed by atoms with Gasteiger partial charge in [-0.3, -0.25) is 0 Å². The van der Waals surface area contributed by atoms with E-state index < -0.39 is 0 Å². The van der Waals surface area contributed by atoms with Crippen molar-refractivity contribution in [1.82, 2.24) is 0 Å². The summed E-state index contributed by atoms with van der Waals surface area (Å²) < 4.78 is 0. The SMILES string of the molecule is CSc1ccccc1C1=CC(C)C=CC=C1. The fourth-order valence-electron chi connectivity index (χ4n) is 1.86. The van der Waals surface area contributed by atoms with Gasteiger partial charge in [-0.2, -0.15) is 0 Å². The largest absolute Gasteiger partial charge is 0.129 e. The number of allylic oxidation sites excluding steroid dienone is 6. The smallest absolute Gasteiger partial charge is 0.0147 e. The van der Waals surface area contributed by atoms with Crippen LogP contribution in [0.5, 0.6) is 0 Å².